The van der Waals surface area contributed by atoms with Crippen molar-refractivity contribution in [3.63, 3.8) is 0 Å². The van der Waals surface area contributed by atoms with Gasteiger partial charge < -0.3 is 14.5 Å². The minimum Gasteiger partial charge on any atom is -0.445 e. The van der Waals surface area contributed by atoms with Crippen LogP contribution < -0.4 is 0 Å². The van der Waals surface area contributed by atoms with Gasteiger partial charge in [-0.05, 0) is 24.1 Å². The second-order valence-corrected chi connectivity index (χ2v) is 8.94. The average molecular weight is 504 g/mol. The molecule has 2 fully saturated rings. The van der Waals surface area contributed by atoms with Crippen molar-refractivity contribution in [3.05, 3.63) is 71.3 Å². The highest BCUT2D eigenvalue weighted by molar-refractivity contribution is 6.24. The average Bonchev–Trinajstić information content (AvgIpc) is 3.18. The number of piperazine rings is 1. The predicted molar refractivity (Wildman–Crippen MR) is 127 cm³/mol. The summed E-state index contributed by atoms with van der Waals surface area (Å²) in [6.07, 6.45) is -0.735. The van der Waals surface area contributed by atoms with Gasteiger partial charge >= 0.3 is 12.1 Å². The Bertz CT molecular complexity index is 1250. The molecule has 0 bridgehead atoms. The number of imide groups is 4. The zero-order valence-electron chi connectivity index (χ0n) is 19.9. The summed E-state index contributed by atoms with van der Waals surface area (Å²) < 4.78 is 5.33. The molecule has 11 heteroatoms. The molecule has 0 saturated carbocycles. The molecular formula is C26H24N4O7. The van der Waals surface area contributed by atoms with E-state index in [9.17, 15) is 28.8 Å². The Morgan fingerprint density at radius 2 is 1.35 bits per heavy atom. The summed E-state index contributed by atoms with van der Waals surface area (Å²) in [7, 11) is 0. The van der Waals surface area contributed by atoms with Crippen molar-refractivity contribution in [1.29, 1.82) is 0 Å². The van der Waals surface area contributed by atoms with Crippen LogP contribution in [0, 0.1) is 0 Å². The number of nitrogens with zero attached hydrogens (tertiary/aromatic N) is 4. The number of piperidine rings is 1. The molecule has 1 atom stereocenters. The van der Waals surface area contributed by atoms with E-state index in [0.717, 1.165) is 10.5 Å². The minimum atomic E-state index is -1.25. The quantitative estimate of drug-likeness (QED) is 0.585. The number of likely N-dealkylation sites (tertiary alicyclic amines) is 1. The van der Waals surface area contributed by atoms with Crippen LogP contribution in [0.4, 0.5) is 9.59 Å². The Balaban J connectivity index is 1.21. The molecule has 37 heavy (non-hydrogen) atoms. The van der Waals surface area contributed by atoms with Crippen LogP contribution in [0.2, 0.25) is 0 Å². The van der Waals surface area contributed by atoms with Gasteiger partial charge in [0, 0.05) is 32.6 Å². The van der Waals surface area contributed by atoms with Crippen molar-refractivity contribution in [2.45, 2.75) is 25.5 Å². The number of benzene rings is 2. The van der Waals surface area contributed by atoms with Crippen molar-refractivity contribution in [2.75, 3.05) is 26.2 Å². The maximum absolute atomic E-state index is 13.3. The summed E-state index contributed by atoms with van der Waals surface area (Å²) in [5, 5.41) is 0. The van der Waals surface area contributed by atoms with Crippen molar-refractivity contribution in [3.8, 4) is 0 Å². The minimum absolute atomic E-state index is 0.0477. The van der Waals surface area contributed by atoms with E-state index in [0.29, 0.717) is 4.90 Å². The highest BCUT2D eigenvalue weighted by atomic mass is 16.6. The van der Waals surface area contributed by atoms with Gasteiger partial charge in [-0.1, -0.05) is 42.5 Å². The summed E-state index contributed by atoms with van der Waals surface area (Å²) in [4.78, 5) is 81.3. The molecular weight excluding hydrogens is 480 g/mol. The Kier molecular flexibility index (Phi) is 6.43. The lowest BCUT2D eigenvalue weighted by Crippen LogP contribution is -2.62. The topological polar surface area (TPSA) is 125 Å². The van der Waals surface area contributed by atoms with Gasteiger partial charge in [0.2, 0.25) is 5.91 Å². The van der Waals surface area contributed by atoms with Gasteiger partial charge in [0.05, 0.1) is 11.1 Å². The standard InChI is InChI=1S/C26H24N4O7/c31-21-11-10-20(29-22(32)18-8-4-5-9-19(18)23(29)33)24(34)30(21)25(35)27-12-14-28(15-13-27)26(36)37-16-17-6-2-1-3-7-17/h1-9,20H,10-16H2. The third-order valence-corrected chi connectivity index (χ3v) is 6.73. The molecule has 7 amide bonds. The van der Waals surface area contributed by atoms with Crippen LogP contribution in [-0.4, -0.2) is 87.6 Å². The third-order valence-electron chi connectivity index (χ3n) is 6.73. The largest absolute Gasteiger partial charge is 0.445 e. The van der Waals surface area contributed by atoms with Gasteiger partial charge in [0.1, 0.15) is 12.6 Å². The summed E-state index contributed by atoms with van der Waals surface area (Å²) in [5.74, 6) is -2.83. The van der Waals surface area contributed by atoms with Gasteiger partial charge in [-0.15, -0.1) is 0 Å². The Morgan fingerprint density at radius 1 is 0.784 bits per heavy atom. The van der Waals surface area contributed by atoms with Crippen molar-refractivity contribution in [1.82, 2.24) is 19.6 Å². The molecule has 2 saturated heterocycles. The number of carbonyl (C=O) groups is 6. The van der Waals surface area contributed by atoms with Gasteiger partial charge in [-0.25, -0.2) is 9.59 Å². The molecule has 5 rings (SSSR count). The summed E-state index contributed by atoms with van der Waals surface area (Å²) >= 11 is 0. The summed E-state index contributed by atoms with van der Waals surface area (Å²) in [6, 6.07) is 13.4. The van der Waals surface area contributed by atoms with E-state index in [-0.39, 0.29) is 56.8 Å². The fourth-order valence-corrected chi connectivity index (χ4v) is 4.73. The molecule has 3 aliphatic rings. The van der Waals surface area contributed by atoms with Crippen LogP contribution in [0.15, 0.2) is 54.6 Å². The fraction of sp³-hybridized carbons (Fsp3) is 0.308. The zero-order chi connectivity index (χ0) is 26.1. The van der Waals surface area contributed by atoms with Crippen molar-refractivity contribution in [2.24, 2.45) is 0 Å². The van der Waals surface area contributed by atoms with E-state index in [4.69, 9.17) is 4.74 Å². The maximum Gasteiger partial charge on any atom is 0.410 e. The van der Waals surface area contributed by atoms with E-state index in [1.165, 1.54) is 21.9 Å². The molecule has 0 aromatic heterocycles. The molecule has 3 aliphatic heterocycles. The first kappa shape index (κ1) is 24.2. The number of amides is 7. The highest BCUT2D eigenvalue weighted by Gasteiger charge is 2.49. The molecule has 0 radical (unpaired) electrons. The molecule has 2 aromatic rings. The molecule has 1 unspecified atom stereocenters. The molecule has 0 aliphatic carbocycles. The van der Waals surface area contributed by atoms with E-state index >= 15 is 0 Å². The van der Waals surface area contributed by atoms with Crippen LogP contribution in [0.1, 0.15) is 39.1 Å². The summed E-state index contributed by atoms with van der Waals surface area (Å²) in [6.45, 7) is 0.631. The van der Waals surface area contributed by atoms with Crippen molar-refractivity contribution >= 4 is 35.8 Å². The first-order valence-electron chi connectivity index (χ1n) is 11.9. The van der Waals surface area contributed by atoms with E-state index in [1.54, 1.807) is 12.1 Å². The SMILES string of the molecule is O=C(OCc1ccccc1)N1CCN(C(=O)N2C(=O)CCC(N3C(=O)c4ccccc4C3=O)C2=O)CC1. The molecule has 0 N–H and O–H groups in total. The van der Waals surface area contributed by atoms with Gasteiger partial charge in [0.25, 0.3) is 17.7 Å². The second kappa shape index (κ2) is 9.84. The van der Waals surface area contributed by atoms with E-state index in [1.807, 2.05) is 30.3 Å². The van der Waals surface area contributed by atoms with Crippen LogP contribution in [-0.2, 0) is 20.9 Å². The lowest BCUT2D eigenvalue weighted by atomic mass is 10.0. The monoisotopic (exact) mass is 504 g/mol. The van der Waals surface area contributed by atoms with E-state index in [2.05, 4.69) is 0 Å². The first-order valence-corrected chi connectivity index (χ1v) is 11.9. The normalized spacial score (nSPS) is 19.8. The smallest absolute Gasteiger partial charge is 0.410 e. The van der Waals surface area contributed by atoms with Crippen LogP contribution in [0.25, 0.3) is 0 Å². The Hall–Kier alpha value is -4.54. The lowest BCUT2D eigenvalue weighted by molar-refractivity contribution is -0.148. The highest BCUT2D eigenvalue weighted by Crippen LogP contribution is 2.29. The number of hydrogen-bond acceptors (Lipinski definition) is 7. The number of ether oxygens (including phenoxy) is 1. The predicted octanol–water partition coefficient (Wildman–Crippen LogP) is 1.87. The summed E-state index contributed by atoms with van der Waals surface area (Å²) in [5.41, 5.74) is 1.22. The van der Waals surface area contributed by atoms with Gasteiger partial charge in [0.15, 0.2) is 0 Å². The van der Waals surface area contributed by atoms with Crippen LogP contribution in [0.5, 0.6) is 0 Å². The zero-order valence-corrected chi connectivity index (χ0v) is 19.9. The number of rotatable bonds is 3. The number of carbonyl (C=O) groups excluding carboxylic acids is 6. The first-order chi connectivity index (χ1) is 17.9. The molecule has 190 valence electrons. The molecule has 0 spiro atoms. The molecule has 2 aromatic carbocycles. The van der Waals surface area contributed by atoms with Gasteiger partial charge in [-0.2, -0.15) is 4.90 Å². The number of hydrogen-bond donors (Lipinski definition) is 0. The Labute approximate surface area is 212 Å². The fourth-order valence-electron chi connectivity index (χ4n) is 4.73. The molecule has 3 heterocycles. The number of fused-ring (bicyclic) bond motifs is 1. The maximum atomic E-state index is 13.3. The van der Waals surface area contributed by atoms with E-state index < -0.39 is 41.8 Å². The number of urea groups is 1. The Morgan fingerprint density at radius 3 is 1.97 bits per heavy atom. The van der Waals surface area contributed by atoms with Crippen LogP contribution in [0.3, 0.4) is 0 Å². The second-order valence-electron chi connectivity index (χ2n) is 8.94. The van der Waals surface area contributed by atoms with Gasteiger partial charge in [-0.3, -0.25) is 24.1 Å². The lowest BCUT2D eigenvalue weighted by Gasteiger charge is -2.38. The molecule has 11 nitrogen and oxygen atoms in total. The van der Waals surface area contributed by atoms with Crippen LogP contribution >= 0.6 is 0 Å². The third kappa shape index (κ3) is 4.44. The van der Waals surface area contributed by atoms with Crippen molar-refractivity contribution < 1.29 is 33.5 Å².